The average Bonchev–Trinajstić information content (AvgIpc) is 2.18. The van der Waals surface area contributed by atoms with Crippen LogP contribution < -0.4 is 10.3 Å². The number of hydrogen-bond donors (Lipinski definition) is 1. The van der Waals surface area contributed by atoms with Crippen molar-refractivity contribution < 1.29 is 4.74 Å². The number of H-pyrrole nitrogens is 1. The molecule has 0 saturated heterocycles. The molecule has 2 aromatic heterocycles. The Labute approximate surface area is 80.6 Å². The molecule has 0 unspecified atom stereocenters. The minimum absolute atomic E-state index is 0.175. The zero-order valence-electron chi connectivity index (χ0n) is 7.78. The van der Waals surface area contributed by atoms with Gasteiger partial charge < -0.3 is 9.72 Å². The van der Waals surface area contributed by atoms with Crippen LogP contribution in [0.3, 0.4) is 0 Å². The summed E-state index contributed by atoms with van der Waals surface area (Å²) < 4.78 is 5.28. The predicted molar refractivity (Wildman–Crippen MR) is 53.5 cm³/mol. The number of nitrogens with one attached hydrogen (secondary N) is 1. The van der Waals surface area contributed by atoms with E-state index in [4.69, 9.17) is 4.74 Å². The molecule has 0 aliphatic heterocycles. The van der Waals surface area contributed by atoms with Crippen molar-refractivity contribution in [3.8, 4) is 5.75 Å². The van der Waals surface area contributed by atoms with E-state index in [0.717, 1.165) is 5.39 Å². The van der Waals surface area contributed by atoms with Gasteiger partial charge in [-0.2, -0.15) is 0 Å². The van der Waals surface area contributed by atoms with Gasteiger partial charge in [-0.05, 0) is 19.1 Å². The van der Waals surface area contributed by atoms with Gasteiger partial charge in [0.1, 0.15) is 11.3 Å². The molecule has 2 rings (SSSR count). The van der Waals surface area contributed by atoms with E-state index in [2.05, 4.69) is 9.97 Å². The van der Waals surface area contributed by atoms with Crippen molar-refractivity contribution in [1.82, 2.24) is 9.97 Å². The molecule has 4 heteroatoms. The van der Waals surface area contributed by atoms with Crippen molar-refractivity contribution >= 4 is 10.9 Å². The fourth-order valence-corrected chi connectivity index (χ4v) is 1.30. The van der Waals surface area contributed by atoms with Gasteiger partial charge in [0.15, 0.2) is 0 Å². The number of rotatable bonds is 2. The minimum atomic E-state index is -0.175. The van der Waals surface area contributed by atoms with Crippen LogP contribution in [0.4, 0.5) is 0 Å². The van der Waals surface area contributed by atoms with Gasteiger partial charge in [0.25, 0.3) is 5.56 Å². The molecule has 0 aromatic carbocycles. The standard InChI is InChI=1S/C10H10N2O2/c1-2-14-8-5-7-3-4-11-10(13)9(7)12-6-8/h3-6H,2H2,1H3,(H,11,13). The summed E-state index contributed by atoms with van der Waals surface area (Å²) in [4.78, 5) is 17.9. The Balaban J connectivity index is 2.61. The van der Waals surface area contributed by atoms with E-state index in [-0.39, 0.29) is 5.56 Å². The molecule has 0 radical (unpaired) electrons. The first kappa shape index (κ1) is 8.74. The first-order chi connectivity index (χ1) is 6.81. The van der Waals surface area contributed by atoms with Crippen LogP contribution in [0.25, 0.3) is 10.9 Å². The van der Waals surface area contributed by atoms with Crippen LogP contribution >= 0.6 is 0 Å². The lowest BCUT2D eigenvalue weighted by atomic mass is 10.2. The van der Waals surface area contributed by atoms with Crippen molar-refractivity contribution in [1.29, 1.82) is 0 Å². The summed E-state index contributed by atoms with van der Waals surface area (Å²) in [5.74, 6) is 0.686. The van der Waals surface area contributed by atoms with Crippen molar-refractivity contribution in [3.63, 3.8) is 0 Å². The van der Waals surface area contributed by atoms with Crippen LogP contribution in [0, 0.1) is 0 Å². The maximum atomic E-state index is 11.3. The van der Waals surface area contributed by atoms with Crippen LogP contribution in [-0.2, 0) is 0 Å². The van der Waals surface area contributed by atoms with Crippen LogP contribution in [0.2, 0.25) is 0 Å². The normalized spacial score (nSPS) is 10.4. The summed E-state index contributed by atoms with van der Waals surface area (Å²) in [6, 6.07) is 3.60. The topological polar surface area (TPSA) is 55.0 Å². The fraction of sp³-hybridized carbons (Fsp3) is 0.200. The molecule has 0 bridgehead atoms. The monoisotopic (exact) mass is 190 g/mol. The third kappa shape index (κ3) is 1.46. The van der Waals surface area contributed by atoms with Crippen LogP contribution in [-0.4, -0.2) is 16.6 Å². The second kappa shape index (κ2) is 3.49. The molecule has 0 amide bonds. The van der Waals surface area contributed by atoms with E-state index in [1.54, 1.807) is 24.5 Å². The van der Waals surface area contributed by atoms with Crippen molar-refractivity contribution in [2.24, 2.45) is 0 Å². The lowest BCUT2D eigenvalue weighted by Gasteiger charge is -2.02. The fourth-order valence-electron chi connectivity index (χ4n) is 1.30. The third-order valence-electron chi connectivity index (χ3n) is 1.90. The number of ether oxygens (including phenoxy) is 1. The van der Waals surface area contributed by atoms with Gasteiger partial charge in [-0.3, -0.25) is 4.79 Å². The number of aromatic amines is 1. The molecule has 4 nitrogen and oxygen atoms in total. The first-order valence-corrected chi connectivity index (χ1v) is 4.41. The predicted octanol–water partition coefficient (Wildman–Crippen LogP) is 1.32. The van der Waals surface area contributed by atoms with Crippen molar-refractivity contribution in [3.05, 3.63) is 34.9 Å². The van der Waals surface area contributed by atoms with Gasteiger partial charge in [0, 0.05) is 11.6 Å². The highest BCUT2D eigenvalue weighted by Gasteiger charge is 2.00. The van der Waals surface area contributed by atoms with E-state index in [9.17, 15) is 4.79 Å². The van der Waals surface area contributed by atoms with Crippen molar-refractivity contribution in [2.75, 3.05) is 6.61 Å². The number of fused-ring (bicyclic) bond motifs is 1. The first-order valence-electron chi connectivity index (χ1n) is 4.41. The van der Waals surface area contributed by atoms with Gasteiger partial charge >= 0.3 is 0 Å². The molecule has 1 N–H and O–H groups in total. The van der Waals surface area contributed by atoms with E-state index >= 15 is 0 Å². The molecule has 0 saturated carbocycles. The van der Waals surface area contributed by atoms with E-state index in [0.29, 0.717) is 17.9 Å². The highest BCUT2D eigenvalue weighted by atomic mass is 16.5. The van der Waals surface area contributed by atoms with E-state index < -0.39 is 0 Å². The summed E-state index contributed by atoms with van der Waals surface area (Å²) in [6.07, 6.45) is 3.16. The number of pyridine rings is 2. The molecular weight excluding hydrogens is 180 g/mol. The molecule has 2 heterocycles. The van der Waals surface area contributed by atoms with E-state index in [1.807, 2.05) is 6.92 Å². The SMILES string of the molecule is CCOc1cnc2c(=O)[nH]ccc2c1. The van der Waals surface area contributed by atoms with Gasteiger partial charge in [0.2, 0.25) is 0 Å². The lowest BCUT2D eigenvalue weighted by molar-refractivity contribution is 0.339. The summed E-state index contributed by atoms with van der Waals surface area (Å²) in [6.45, 7) is 2.50. The molecule has 0 spiro atoms. The molecule has 0 fully saturated rings. The zero-order chi connectivity index (χ0) is 9.97. The maximum absolute atomic E-state index is 11.3. The molecule has 0 atom stereocenters. The Hall–Kier alpha value is -1.84. The maximum Gasteiger partial charge on any atom is 0.274 e. The summed E-state index contributed by atoms with van der Waals surface area (Å²) >= 11 is 0. The minimum Gasteiger partial charge on any atom is -0.492 e. The molecule has 2 aromatic rings. The number of hydrogen-bond acceptors (Lipinski definition) is 3. The van der Waals surface area contributed by atoms with Gasteiger partial charge in [-0.25, -0.2) is 4.98 Å². The number of aromatic nitrogens is 2. The molecule has 14 heavy (non-hydrogen) atoms. The van der Waals surface area contributed by atoms with Gasteiger partial charge in [0.05, 0.1) is 12.8 Å². The highest BCUT2D eigenvalue weighted by Crippen LogP contribution is 2.14. The molecule has 72 valence electrons. The molecule has 0 aliphatic rings. The Bertz CT molecular complexity index is 505. The van der Waals surface area contributed by atoms with Crippen LogP contribution in [0.5, 0.6) is 5.75 Å². The largest absolute Gasteiger partial charge is 0.492 e. The average molecular weight is 190 g/mol. The highest BCUT2D eigenvalue weighted by molar-refractivity contribution is 5.78. The number of nitrogens with zero attached hydrogens (tertiary/aromatic N) is 1. The lowest BCUT2D eigenvalue weighted by Crippen LogP contribution is -2.06. The Morgan fingerprint density at radius 3 is 3.21 bits per heavy atom. The summed E-state index contributed by atoms with van der Waals surface area (Å²) in [5.41, 5.74) is 0.265. The summed E-state index contributed by atoms with van der Waals surface area (Å²) in [5, 5.41) is 0.791. The Kier molecular flexibility index (Phi) is 2.18. The zero-order valence-corrected chi connectivity index (χ0v) is 7.78. The van der Waals surface area contributed by atoms with Gasteiger partial charge in [-0.15, -0.1) is 0 Å². The quantitative estimate of drug-likeness (QED) is 0.777. The molecule has 0 aliphatic carbocycles. The second-order valence-electron chi connectivity index (χ2n) is 2.85. The third-order valence-corrected chi connectivity index (χ3v) is 1.90. The van der Waals surface area contributed by atoms with Gasteiger partial charge in [-0.1, -0.05) is 0 Å². The molecular formula is C10H10N2O2. The smallest absolute Gasteiger partial charge is 0.274 e. The van der Waals surface area contributed by atoms with Crippen LogP contribution in [0.15, 0.2) is 29.3 Å². The Morgan fingerprint density at radius 1 is 1.57 bits per heavy atom. The van der Waals surface area contributed by atoms with Crippen LogP contribution in [0.1, 0.15) is 6.92 Å². The summed E-state index contributed by atoms with van der Waals surface area (Å²) in [7, 11) is 0. The van der Waals surface area contributed by atoms with Crippen molar-refractivity contribution in [2.45, 2.75) is 6.92 Å². The Morgan fingerprint density at radius 2 is 2.43 bits per heavy atom. The van der Waals surface area contributed by atoms with E-state index in [1.165, 1.54) is 0 Å². The second-order valence-corrected chi connectivity index (χ2v) is 2.85.